The van der Waals surface area contributed by atoms with Crippen LogP contribution < -0.4 is 0 Å². The molecule has 0 aliphatic carbocycles. The molecule has 2 heteroatoms. The van der Waals surface area contributed by atoms with Crippen molar-refractivity contribution in [3.8, 4) is 11.8 Å². The predicted octanol–water partition coefficient (Wildman–Crippen LogP) is 1.99. The van der Waals surface area contributed by atoms with Crippen LogP contribution in [0.4, 0.5) is 0 Å². The molecule has 0 unspecified atom stereocenters. The van der Waals surface area contributed by atoms with E-state index in [2.05, 4.69) is 11.8 Å². The largest absolute Gasteiger partial charge is 0.478 e. The van der Waals surface area contributed by atoms with Crippen molar-refractivity contribution >= 4 is 5.97 Å². The maximum absolute atomic E-state index is 10.0. The first kappa shape index (κ1) is 10.5. The summed E-state index contributed by atoms with van der Waals surface area (Å²) in [4.78, 5) is 10.0. The second kappa shape index (κ2) is 7.62. The molecule has 0 aliphatic heterocycles. The number of carboxylic acids is 1. The van der Waals surface area contributed by atoms with Crippen LogP contribution in [-0.2, 0) is 4.79 Å². The van der Waals surface area contributed by atoms with Crippen molar-refractivity contribution in [2.75, 3.05) is 0 Å². The molecule has 0 saturated heterocycles. The van der Waals surface area contributed by atoms with E-state index in [1.165, 1.54) is 0 Å². The maximum Gasteiger partial charge on any atom is 0.327 e. The smallest absolute Gasteiger partial charge is 0.327 e. The standard InChI is InChI=1S/C10H12O2/c1-2-3-4-5-6-7-8-9-10(11)12/h2-3,8-9H,6-7H2,1H3,(H,11,12)/b3-2+,9-8+. The van der Waals surface area contributed by atoms with Crippen LogP contribution in [-0.4, -0.2) is 11.1 Å². The number of unbranched alkanes of at least 4 members (excludes halogenated alkanes) is 1. The van der Waals surface area contributed by atoms with Crippen LogP contribution in [0.25, 0.3) is 0 Å². The fraction of sp³-hybridized carbons (Fsp3) is 0.300. The highest BCUT2D eigenvalue weighted by atomic mass is 16.4. The molecule has 0 bridgehead atoms. The maximum atomic E-state index is 10.0. The number of hydrogen-bond acceptors (Lipinski definition) is 1. The van der Waals surface area contributed by atoms with Gasteiger partial charge in [0, 0.05) is 12.5 Å². The average Bonchev–Trinajstić information content (AvgIpc) is 2.02. The Hall–Kier alpha value is -1.49. The zero-order chi connectivity index (χ0) is 9.23. The molecule has 2 nitrogen and oxygen atoms in total. The zero-order valence-electron chi connectivity index (χ0n) is 7.08. The summed E-state index contributed by atoms with van der Waals surface area (Å²) < 4.78 is 0. The van der Waals surface area contributed by atoms with Crippen LogP contribution in [0.5, 0.6) is 0 Å². The van der Waals surface area contributed by atoms with Crippen molar-refractivity contribution in [3.05, 3.63) is 24.3 Å². The van der Waals surface area contributed by atoms with Gasteiger partial charge in [-0.1, -0.05) is 24.0 Å². The quantitative estimate of drug-likeness (QED) is 0.393. The van der Waals surface area contributed by atoms with Gasteiger partial charge in [-0.05, 0) is 19.4 Å². The molecule has 0 aromatic carbocycles. The summed E-state index contributed by atoms with van der Waals surface area (Å²) in [5.74, 6) is 4.78. The van der Waals surface area contributed by atoms with Gasteiger partial charge in [-0.25, -0.2) is 4.79 Å². The van der Waals surface area contributed by atoms with E-state index in [4.69, 9.17) is 5.11 Å². The second-order valence-electron chi connectivity index (χ2n) is 2.10. The van der Waals surface area contributed by atoms with Gasteiger partial charge in [0.05, 0.1) is 0 Å². The molecule has 0 heterocycles. The van der Waals surface area contributed by atoms with Crippen LogP contribution in [0.2, 0.25) is 0 Å². The molecule has 12 heavy (non-hydrogen) atoms. The zero-order valence-corrected chi connectivity index (χ0v) is 7.08. The lowest BCUT2D eigenvalue weighted by atomic mass is 10.3. The number of hydrogen-bond donors (Lipinski definition) is 1. The van der Waals surface area contributed by atoms with Gasteiger partial charge < -0.3 is 5.11 Å². The molecule has 0 amide bonds. The molecule has 0 aromatic heterocycles. The highest BCUT2D eigenvalue weighted by Crippen LogP contribution is 1.88. The van der Waals surface area contributed by atoms with Gasteiger partial charge in [0.15, 0.2) is 0 Å². The Labute approximate surface area is 72.6 Å². The molecule has 0 atom stereocenters. The summed E-state index contributed by atoms with van der Waals surface area (Å²) in [7, 11) is 0. The molecule has 0 fully saturated rings. The van der Waals surface area contributed by atoms with Gasteiger partial charge in [-0.15, -0.1) is 0 Å². The molecule has 1 N–H and O–H groups in total. The third-order valence-electron chi connectivity index (χ3n) is 1.05. The van der Waals surface area contributed by atoms with E-state index in [-0.39, 0.29) is 0 Å². The van der Waals surface area contributed by atoms with Gasteiger partial charge in [0.2, 0.25) is 0 Å². The van der Waals surface area contributed by atoms with Gasteiger partial charge >= 0.3 is 5.97 Å². The van der Waals surface area contributed by atoms with Crippen LogP contribution in [0, 0.1) is 11.8 Å². The molecule has 0 saturated carbocycles. The van der Waals surface area contributed by atoms with Crippen LogP contribution >= 0.6 is 0 Å². The van der Waals surface area contributed by atoms with E-state index in [0.717, 1.165) is 6.08 Å². The Bertz CT molecular complexity index is 238. The molecule has 0 radical (unpaired) electrons. The highest BCUT2D eigenvalue weighted by Gasteiger charge is 1.82. The summed E-state index contributed by atoms with van der Waals surface area (Å²) in [6, 6.07) is 0. The Kier molecular flexibility index (Phi) is 6.67. The minimum Gasteiger partial charge on any atom is -0.478 e. The molecule has 64 valence electrons. The summed E-state index contributed by atoms with van der Waals surface area (Å²) in [5.41, 5.74) is 0. The Morgan fingerprint density at radius 3 is 2.92 bits per heavy atom. The highest BCUT2D eigenvalue weighted by molar-refractivity contribution is 5.79. The molecule has 0 aromatic rings. The fourth-order valence-electron chi connectivity index (χ4n) is 0.554. The number of carboxylic acid groups (broad SMARTS) is 1. The number of rotatable bonds is 3. The van der Waals surface area contributed by atoms with Crippen molar-refractivity contribution in [2.45, 2.75) is 19.8 Å². The molecule has 0 spiro atoms. The minimum atomic E-state index is -0.906. The van der Waals surface area contributed by atoms with Crippen molar-refractivity contribution < 1.29 is 9.90 Å². The topological polar surface area (TPSA) is 37.3 Å². The van der Waals surface area contributed by atoms with Crippen LogP contribution in [0.15, 0.2) is 24.3 Å². The molecule has 0 rings (SSSR count). The lowest BCUT2D eigenvalue weighted by molar-refractivity contribution is -0.131. The third-order valence-corrected chi connectivity index (χ3v) is 1.05. The monoisotopic (exact) mass is 164 g/mol. The Morgan fingerprint density at radius 2 is 2.33 bits per heavy atom. The normalized spacial score (nSPS) is 10.1. The van der Waals surface area contributed by atoms with E-state index >= 15 is 0 Å². The van der Waals surface area contributed by atoms with Gasteiger partial charge in [-0.3, -0.25) is 0 Å². The average molecular weight is 164 g/mol. The number of aliphatic carboxylic acids is 1. The van der Waals surface area contributed by atoms with Crippen LogP contribution in [0.1, 0.15) is 19.8 Å². The van der Waals surface area contributed by atoms with E-state index in [9.17, 15) is 4.79 Å². The first-order valence-electron chi connectivity index (χ1n) is 3.76. The Balaban J connectivity index is 3.46. The second-order valence-corrected chi connectivity index (χ2v) is 2.10. The van der Waals surface area contributed by atoms with Gasteiger partial charge in [0.1, 0.15) is 0 Å². The van der Waals surface area contributed by atoms with Crippen LogP contribution in [0.3, 0.4) is 0 Å². The lowest BCUT2D eigenvalue weighted by Gasteiger charge is -1.80. The lowest BCUT2D eigenvalue weighted by Crippen LogP contribution is -1.85. The first-order valence-corrected chi connectivity index (χ1v) is 3.76. The Morgan fingerprint density at radius 1 is 1.58 bits per heavy atom. The summed E-state index contributed by atoms with van der Waals surface area (Å²) in [6.07, 6.45) is 7.76. The third kappa shape index (κ3) is 8.51. The molecular formula is C10H12O2. The van der Waals surface area contributed by atoms with Crippen molar-refractivity contribution in [3.63, 3.8) is 0 Å². The SMILES string of the molecule is C/C=C/C#CCC/C=C/C(=O)O. The van der Waals surface area contributed by atoms with Gasteiger partial charge in [-0.2, -0.15) is 0 Å². The van der Waals surface area contributed by atoms with Crippen molar-refractivity contribution in [1.82, 2.24) is 0 Å². The predicted molar refractivity (Wildman–Crippen MR) is 48.6 cm³/mol. The first-order chi connectivity index (χ1) is 5.77. The van der Waals surface area contributed by atoms with E-state index in [1.807, 2.05) is 13.0 Å². The van der Waals surface area contributed by atoms with E-state index in [0.29, 0.717) is 12.8 Å². The van der Waals surface area contributed by atoms with Gasteiger partial charge in [0.25, 0.3) is 0 Å². The number of carbonyl (C=O) groups is 1. The summed E-state index contributed by atoms with van der Waals surface area (Å²) in [6.45, 7) is 1.90. The number of allylic oxidation sites excluding steroid dienone is 3. The molecular weight excluding hydrogens is 152 g/mol. The fourth-order valence-corrected chi connectivity index (χ4v) is 0.554. The van der Waals surface area contributed by atoms with Crippen molar-refractivity contribution in [1.29, 1.82) is 0 Å². The van der Waals surface area contributed by atoms with E-state index in [1.54, 1.807) is 12.2 Å². The summed E-state index contributed by atoms with van der Waals surface area (Å²) >= 11 is 0. The summed E-state index contributed by atoms with van der Waals surface area (Å²) in [5, 5.41) is 8.22. The van der Waals surface area contributed by atoms with E-state index < -0.39 is 5.97 Å². The van der Waals surface area contributed by atoms with Crippen molar-refractivity contribution in [2.24, 2.45) is 0 Å². The molecule has 0 aliphatic rings. The minimum absolute atomic E-state index is 0.691.